The van der Waals surface area contributed by atoms with Gasteiger partial charge in [-0.25, -0.2) is 4.98 Å². The molecular weight excluding hydrogens is 464 g/mol. The summed E-state index contributed by atoms with van der Waals surface area (Å²) in [6, 6.07) is 11.5. The zero-order valence-electron chi connectivity index (χ0n) is 21.9. The van der Waals surface area contributed by atoms with Gasteiger partial charge in [-0.15, -0.1) is 0 Å². The van der Waals surface area contributed by atoms with E-state index in [1.165, 1.54) is 24.9 Å². The zero-order valence-corrected chi connectivity index (χ0v) is 21.9. The van der Waals surface area contributed by atoms with E-state index in [2.05, 4.69) is 39.5 Å². The van der Waals surface area contributed by atoms with Crippen LogP contribution in [0.3, 0.4) is 0 Å². The first-order valence-corrected chi connectivity index (χ1v) is 14.0. The molecule has 6 rings (SSSR count). The number of rotatable bonds is 5. The van der Waals surface area contributed by atoms with Crippen molar-refractivity contribution in [1.82, 2.24) is 15.2 Å². The topological polar surface area (TPSA) is 101 Å². The molecule has 1 aromatic carbocycles. The number of nitrogens with zero attached hydrogens (tertiary/aromatic N) is 2. The highest BCUT2D eigenvalue weighted by Gasteiger charge is 2.54. The molecule has 1 amide bonds. The lowest BCUT2D eigenvalue weighted by molar-refractivity contribution is 0.0140. The van der Waals surface area contributed by atoms with Crippen molar-refractivity contribution in [1.29, 1.82) is 0 Å². The van der Waals surface area contributed by atoms with Gasteiger partial charge in [0.1, 0.15) is 5.82 Å². The predicted octanol–water partition coefficient (Wildman–Crippen LogP) is 3.90. The van der Waals surface area contributed by atoms with E-state index in [-0.39, 0.29) is 23.2 Å². The van der Waals surface area contributed by atoms with Crippen LogP contribution in [0.25, 0.3) is 11.1 Å². The first-order valence-electron chi connectivity index (χ1n) is 14.0. The van der Waals surface area contributed by atoms with Gasteiger partial charge >= 0.3 is 0 Å². The van der Waals surface area contributed by atoms with Crippen LogP contribution in [-0.2, 0) is 10.2 Å². The molecule has 2 saturated carbocycles. The number of nitrogens with two attached hydrogens (primary N) is 1. The molecule has 2 aliphatic heterocycles. The maximum Gasteiger partial charge on any atom is 0.255 e. The van der Waals surface area contributed by atoms with Crippen molar-refractivity contribution >= 4 is 11.7 Å². The van der Waals surface area contributed by atoms with Crippen molar-refractivity contribution in [3.05, 3.63) is 47.7 Å². The molecule has 4 fully saturated rings. The van der Waals surface area contributed by atoms with E-state index in [1.54, 1.807) is 6.20 Å². The van der Waals surface area contributed by atoms with Gasteiger partial charge in [0.15, 0.2) is 0 Å². The van der Waals surface area contributed by atoms with Crippen LogP contribution in [0.5, 0.6) is 0 Å². The van der Waals surface area contributed by atoms with Gasteiger partial charge in [-0.05, 0) is 81.4 Å². The van der Waals surface area contributed by atoms with Gasteiger partial charge in [-0.1, -0.05) is 24.3 Å². The Morgan fingerprint density at radius 2 is 1.81 bits per heavy atom. The van der Waals surface area contributed by atoms with Gasteiger partial charge in [0, 0.05) is 55.6 Å². The summed E-state index contributed by atoms with van der Waals surface area (Å²) in [6.45, 7) is 6.02. The molecular formula is C30H40N4O3. The van der Waals surface area contributed by atoms with E-state index in [1.807, 2.05) is 13.0 Å². The second-order valence-electron chi connectivity index (χ2n) is 12.1. The number of fused-ring (bicyclic) bond motifs is 1. The summed E-state index contributed by atoms with van der Waals surface area (Å²) >= 11 is 0. The van der Waals surface area contributed by atoms with Crippen LogP contribution in [0.1, 0.15) is 74.2 Å². The van der Waals surface area contributed by atoms with Crippen LogP contribution < -0.4 is 11.1 Å². The molecule has 2 saturated heterocycles. The normalized spacial score (nSPS) is 32.5. The number of amides is 1. The highest BCUT2D eigenvalue weighted by Crippen LogP contribution is 2.54. The van der Waals surface area contributed by atoms with Crippen molar-refractivity contribution in [2.45, 2.75) is 81.4 Å². The maximum absolute atomic E-state index is 13.0. The number of benzene rings is 1. The number of anilines is 1. The average Bonchev–Trinajstić information content (AvgIpc) is 3.17. The molecule has 0 bridgehead atoms. The summed E-state index contributed by atoms with van der Waals surface area (Å²) in [5.41, 5.74) is 9.57. The Morgan fingerprint density at radius 1 is 1.08 bits per heavy atom. The molecule has 2 aromatic rings. The Kier molecular flexibility index (Phi) is 6.50. The summed E-state index contributed by atoms with van der Waals surface area (Å²) in [7, 11) is 0. The molecule has 4 aliphatic rings. The number of pyridine rings is 1. The summed E-state index contributed by atoms with van der Waals surface area (Å²) in [4.78, 5) is 20.1. The zero-order chi connectivity index (χ0) is 25.6. The number of hydrogen-bond donors (Lipinski definition) is 3. The van der Waals surface area contributed by atoms with Crippen molar-refractivity contribution in [3.63, 3.8) is 0 Å². The third kappa shape index (κ3) is 4.77. The Bertz CT molecular complexity index is 1130. The standard InChI is InChI=1S/C30H40N4O3/c1-29(36)11-7-24(8-12-29)33-28(35)26-16-21(17-32-27(26)31)20-2-4-22(5-3-20)30-13-6-23(30)18-34(19-30)25-9-14-37-15-10-25/h2-5,16-17,23-25,36H,6-15,18-19H2,1H3,(H2,31,32)(H,33,35)/t23-,24?,29?,30+/m1/s1. The van der Waals surface area contributed by atoms with Gasteiger partial charge in [-0.3, -0.25) is 9.69 Å². The second kappa shape index (κ2) is 9.68. The van der Waals surface area contributed by atoms with E-state index in [4.69, 9.17) is 10.5 Å². The Hall–Kier alpha value is -2.48. The molecule has 3 heterocycles. The quantitative estimate of drug-likeness (QED) is 0.571. The lowest BCUT2D eigenvalue weighted by Crippen LogP contribution is -2.44. The number of ether oxygens (including phenoxy) is 1. The lowest BCUT2D eigenvalue weighted by Gasteiger charge is -2.45. The summed E-state index contributed by atoms with van der Waals surface area (Å²) in [5.74, 6) is 0.805. The summed E-state index contributed by atoms with van der Waals surface area (Å²) in [5, 5.41) is 13.3. The number of hydrogen-bond acceptors (Lipinski definition) is 6. The molecule has 2 aliphatic carbocycles. The largest absolute Gasteiger partial charge is 0.390 e. The van der Waals surface area contributed by atoms with Gasteiger partial charge in [0.25, 0.3) is 5.91 Å². The second-order valence-corrected chi connectivity index (χ2v) is 12.1. The number of nitrogen functional groups attached to an aromatic ring is 1. The minimum Gasteiger partial charge on any atom is -0.390 e. The van der Waals surface area contributed by atoms with Gasteiger partial charge < -0.3 is 20.9 Å². The molecule has 198 valence electrons. The fourth-order valence-corrected chi connectivity index (χ4v) is 7.14. The monoisotopic (exact) mass is 504 g/mol. The first-order chi connectivity index (χ1) is 17.8. The molecule has 7 heteroatoms. The third-order valence-corrected chi connectivity index (χ3v) is 9.72. The highest BCUT2D eigenvalue weighted by atomic mass is 16.5. The fourth-order valence-electron chi connectivity index (χ4n) is 7.14. The molecule has 0 radical (unpaired) electrons. The van der Waals surface area contributed by atoms with Crippen molar-refractivity contribution < 1.29 is 14.6 Å². The van der Waals surface area contributed by atoms with E-state index in [0.717, 1.165) is 62.5 Å². The molecule has 0 unspecified atom stereocenters. The molecule has 2 atom stereocenters. The first kappa shape index (κ1) is 24.8. The summed E-state index contributed by atoms with van der Waals surface area (Å²) in [6.07, 6.45) is 9.56. The molecule has 7 nitrogen and oxygen atoms in total. The summed E-state index contributed by atoms with van der Waals surface area (Å²) < 4.78 is 5.60. The van der Waals surface area contributed by atoms with Gasteiger partial charge in [0.2, 0.25) is 0 Å². The fraction of sp³-hybridized carbons (Fsp3) is 0.600. The lowest BCUT2D eigenvalue weighted by atomic mass is 9.58. The Labute approximate surface area is 219 Å². The van der Waals surface area contributed by atoms with Crippen LogP contribution in [-0.4, -0.2) is 64.9 Å². The number of aliphatic hydroxyl groups is 1. The molecule has 1 aromatic heterocycles. The van der Waals surface area contributed by atoms with Crippen LogP contribution in [0.4, 0.5) is 5.82 Å². The van der Waals surface area contributed by atoms with Crippen LogP contribution in [0.2, 0.25) is 0 Å². The number of carbonyl (C=O) groups excluding carboxylic acids is 1. The van der Waals surface area contributed by atoms with Crippen molar-refractivity contribution in [3.8, 4) is 11.1 Å². The smallest absolute Gasteiger partial charge is 0.255 e. The van der Waals surface area contributed by atoms with E-state index >= 15 is 0 Å². The average molecular weight is 505 g/mol. The van der Waals surface area contributed by atoms with Gasteiger partial charge in [-0.2, -0.15) is 0 Å². The van der Waals surface area contributed by atoms with E-state index in [9.17, 15) is 9.90 Å². The van der Waals surface area contributed by atoms with E-state index < -0.39 is 5.60 Å². The van der Waals surface area contributed by atoms with Crippen molar-refractivity contribution in [2.75, 3.05) is 32.0 Å². The van der Waals surface area contributed by atoms with Gasteiger partial charge in [0.05, 0.1) is 11.2 Å². The number of likely N-dealkylation sites (tertiary alicyclic amines) is 1. The highest BCUT2D eigenvalue weighted by molar-refractivity contribution is 5.99. The Balaban J connectivity index is 1.16. The van der Waals surface area contributed by atoms with Crippen LogP contribution in [0, 0.1) is 5.92 Å². The number of aromatic nitrogens is 1. The maximum atomic E-state index is 13.0. The minimum absolute atomic E-state index is 0.0526. The minimum atomic E-state index is -0.630. The SMILES string of the molecule is CC1(O)CCC(NC(=O)c2cc(-c3ccc([C@@]45CC[C@@H]4CN(C4CCOCC4)C5)cc3)cnc2N)CC1. The molecule has 0 spiro atoms. The van der Waals surface area contributed by atoms with E-state index in [0.29, 0.717) is 24.4 Å². The van der Waals surface area contributed by atoms with Crippen molar-refractivity contribution in [2.24, 2.45) is 5.92 Å². The molecule has 37 heavy (non-hydrogen) atoms. The Morgan fingerprint density at radius 3 is 2.49 bits per heavy atom. The third-order valence-electron chi connectivity index (χ3n) is 9.72. The number of nitrogens with one attached hydrogen (secondary N) is 1. The number of carbonyl (C=O) groups is 1. The predicted molar refractivity (Wildman–Crippen MR) is 144 cm³/mol. The van der Waals surface area contributed by atoms with Crippen LogP contribution in [0.15, 0.2) is 36.5 Å². The van der Waals surface area contributed by atoms with Crippen LogP contribution >= 0.6 is 0 Å². The molecule has 4 N–H and O–H groups in total.